The lowest BCUT2D eigenvalue weighted by Crippen LogP contribution is -2.24. The Balaban J connectivity index is 1.30. The minimum atomic E-state index is -0.346. The van der Waals surface area contributed by atoms with E-state index in [0.717, 1.165) is 33.3 Å². The molecule has 1 N–H and O–H groups in total. The molecule has 0 aliphatic carbocycles. The summed E-state index contributed by atoms with van der Waals surface area (Å²) in [7, 11) is 0. The number of fused-ring (bicyclic) bond motifs is 1. The van der Waals surface area contributed by atoms with Gasteiger partial charge < -0.3 is 4.74 Å². The monoisotopic (exact) mass is 446 g/mol. The Hall–Kier alpha value is -4.71. The first-order valence-corrected chi connectivity index (χ1v) is 10.9. The van der Waals surface area contributed by atoms with E-state index in [2.05, 4.69) is 10.5 Å². The highest BCUT2D eigenvalue weighted by Gasteiger charge is 2.11. The Labute approximate surface area is 197 Å². The van der Waals surface area contributed by atoms with E-state index in [9.17, 15) is 4.79 Å². The van der Waals surface area contributed by atoms with Crippen LogP contribution in [0.3, 0.4) is 0 Å². The summed E-state index contributed by atoms with van der Waals surface area (Å²) < 4.78 is 7.54. The van der Waals surface area contributed by atoms with Crippen molar-refractivity contribution >= 4 is 22.9 Å². The molecule has 0 aliphatic rings. The molecule has 4 aromatic carbocycles. The Morgan fingerprint density at radius 2 is 1.59 bits per heavy atom. The first kappa shape index (κ1) is 21.2. The number of carbonyl (C=O) groups excluding carboxylic acids is 1. The summed E-state index contributed by atoms with van der Waals surface area (Å²) in [4.78, 5) is 12.4. The molecule has 0 fully saturated rings. The second-order valence-corrected chi connectivity index (χ2v) is 7.64. The van der Waals surface area contributed by atoms with E-state index < -0.39 is 0 Å². The van der Waals surface area contributed by atoms with Gasteiger partial charge in [-0.05, 0) is 23.6 Å². The van der Waals surface area contributed by atoms with Gasteiger partial charge >= 0.3 is 0 Å². The number of nitrogens with zero attached hydrogens (tertiary/aromatic N) is 3. The van der Waals surface area contributed by atoms with Crippen LogP contribution in [0.25, 0.3) is 27.7 Å². The third-order valence-corrected chi connectivity index (χ3v) is 5.31. The Morgan fingerprint density at radius 3 is 2.41 bits per heavy atom. The molecule has 6 nitrogen and oxygen atoms in total. The third kappa shape index (κ3) is 4.71. The summed E-state index contributed by atoms with van der Waals surface area (Å²) in [5.41, 5.74) is 6.00. The molecule has 0 bridgehead atoms. The maximum Gasteiger partial charge on any atom is 0.277 e. The van der Waals surface area contributed by atoms with E-state index in [1.54, 1.807) is 10.9 Å². The van der Waals surface area contributed by atoms with E-state index in [-0.39, 0.29) is 12.5 Å². The average Bonchev–Trinajstić information content (AvgIpc) is 3.33. The van der Waals surface area contributed by atoms with Gasteiger partial charge in [-0.15, -0.1) is 0 Å². The summed E-state index contributed by atoms with van der Waals surface area (Å²) in [6, 6.07) is 33.4. The van der Waals surface area contributed by atoms with Gasteiger partial charge in [-0.25, -0.2) is 10.1 Å². The molecular formula is C28H22N4O2. The van der Waals surface area contributed by atoms with Crippen LogP contribution < -0.4 is 10.2 Å². The largest absolute Gasteiger partial charge is 0.483 e. The molecule has 6 heteroatoms. The number of hydrogen-bond donors (Lipinski definition) is 1. The van der Waals surface area contributed by atoms with Gasteiger partial charge in [0.1, 0.15) is 11.4 Å². The number of benzene rings is 4. The van der Waals surface area contributed by atoms with Crippen molar-refractivity contribution < 1.29 is 9.53 Å². The molecule has 1 heterocycles. The highest BCUT2D eigenvalue weighted by Crippen LogP contribution is 2.25. The van der Waals surface area contributed by atoms with Crippen molar-refractivity contribution in [1.82, 2.24) is 15.2 Å². The molecule has 0 aliphatic heterocycles. The summed E-state index contributed by atoms with van der Waals surface area (Å²) in [6.45, 7) is -0.139. The molecule has 1 amide bonds. The molecule has 5 aromatic rings. The number of para-hydroxylation sites is 1. The fourth-order valence-electron chi connectivity index (χ4n) is 3.69. The number of carbonyl (C=O) groups is 1. The van der Waals surface area contributed by atoms with Crippen LogP contribution in [0.4, 0.5) is 0 Å². The van der Waals surface area contributed by atoms with Gasteiger partial charge in [0.25, 0.3) is 5.91 Å². The maximum absolute atomic E-state index is 12.4. The summed E-state index contributed by atoms with van der Waals surface area (Å²) >= 11 is 0. The van der Waals surface area contributed by atoms with E-state index in [1.165, 1.54) is 0 Å². The van der Waals surface area contributed by atoms with E-state index in [4.69, 9.17) is 9.84 Å². The maximum atomic E-state index is 12.4. The second-order valence-electron chi connectivity index (χ2n) is 7.64. The number of rotatable bonds is 7. The zero-order valence-corrected chi connectivity index (χ0v) is 18.3. The Morgan fingerprint density at radius 1 is 0.882 bits per heavy atom. The minimum Gasteiger partial charge on any atom is -0.483 e. The second kappa shape index (κ2) is 9.83. The van der Waals surface area contributed by atoms with Crippen molar-refractivity contribution in [2.24, 2.45) is 5.10 Å². The molecule has 0 saturated heterocycles. The van der Waals surface area contributed by atoms with Gasteiger partial charge in [0.15, 0.2) is 6.61 Å². The van der Waals surface area contributed by atoms with Crippen LogP contribution in [-0.2, 0) is 4.79 Å². The molecule has 0 spiro atoms. The number of hydrogen-bond acceptors (Lipinski definition) is 4. The standard InChI is InChI=1S/C28H22N4O2/c33-27(20-34-26-17-9-13-21-10-7-8-16-25(21)26)30-29-18-23-19-32(24-14-5-2-6-15-24)31-28(23)22-11-3-1-4-12-22/h1-19H,20H2,(H,30,33)/b29-18+. The summed E-state index contributed by atoms with van der Waals surface area (Å²) in [5.74, 6) is 0.314. The van der Waals surface area contributed by atoms with Crippen molar-refractivity contribution in [3.63, 3.8) is 0 Å². The predicted octanol–water partition coefficient (Wildman–Crippen LogP) is 5.22. The van der Waals surface area contributed by atoms with Gasteiger partial charge in [0.2, 0.25) is 0 Å². The van der Waals surface area contributed by atoms with Gasteiger partial charge in [0, 0.05) is 22.7 Å². The topological polar surface area (TPSA) is 68.5 Å². The van der Waals surface area contributed by atoms with Gasteiger partial charge in [-0.1, -0.05) is 84.9 Å². The SMILES string of the molecule is O=C(COc1cccc2ccccc12)N/N=C/c1cn(-c2ccccc2)nc1-c1ccccc1. The van der Waals surface area contributed by atoms with Crippen molar-refractivity contribution in [3.8, 4) is 22.7 Å². The van der Waals surface area contributed by atoms with Crippen LogP contribution in [0.2, 0.25) is 0 Å². The highest BCUT2D eigenvalue weighted by atomic mass is 16.5. The molecule has 1 aromatic heterocycles. The van der Waals surface area contributed by atoms with Gasteiger partial charge in [0.05, 0.1) is 11.9 Å². The zero-order valence-electron chi connectivity index (χ0n) is 18.3. The molecule has 0 unspecified atom stereocenters. The first-order valence-electron chi connectivity index (χ1n) is 10.9. The van der Waals surface area contributed by atoms with Crippen molar-refractivity contribution in [2.45, 2.75) is 0 Å². The fraction of sp³-hybridized carbons (Fsp3) is 0.0357. The lowest BCUT2D eigenvalue weighted by Gasteiger charge is -2.08. The molecule has 0 saturated carbocycles. The quantitative estimate of drug-likeness (QED) is 0.275. The average molecular weight is 447 g/mol. The molecule has 0 atom stereocenters. The normalized spacial score (nSPS) is 11.1. The minimum absolute atomic E-state index is 0.139. The van der Waals surface area contributed by atoms with E-state index in [0.29, 0.717) is 5.75 Å². The predicted molar refractivity (Wildman–Crippen MR) is 134 cm³/mol. The van der Waals surface area contributed by atoms with Crippen molar-refractivity contribution in [2.75, 3.05) is 6.61 Å². The lowest BCUT2D eigenvalue weighted by atomic mass is 10.1. The van der Waals surface area contributed by atoms with Crippen LogP contribution >= 0.6 is 0 Å². The van der Waals surface area contributed by atoms with E-state index >= 15 is 0 Å². The van der Waals surface area contributed by atoms with Crippen LogP contribution in [0.15, 0.2) is 114 Å². The molecule has 34 heavy (non-hydrogen) atoms. The fourth-order valence-corrected chi connectivity index (χ4v) is 3.69. The smallest absolute Gasteiger partial charge is 0.277 e. The zero-order chi connectivity index (χ0) is 23.2. The molecular weight excluding hydrogens is 424 g/mol. The van der Waals surface area contributed by atoms with Crippen molar-refractivity contribution in [3.05, 3.63) is 115 Å². The summed E-state index contributed by atoms with van der Waals surface area (Å²) in [6.07, 6.45) is 3.49. The number of aromatic nitrogens is 2. The Kier molecular flexibility index (Phi) is 6.12. The third-order valence-electron chi connectivity index (χ3n) is 5.31. The number of nitrogens with one attached hydrogen (secondary N) is 1. The molecule has 0 radical (unpaired) electrons. The lowest BCUT2D eigenvalue weighted by molar-refractivity contribution is -0.123. The number of ether oxygens (including phenoxy) is 1. The van der Waals surface area contributed by atoms with E-state index in [1.807, 2.05) is 109 Å². The van der Waals surface area contributed by atoms with Gasteiger partial charge in [-0.2, -0.15) is 10.2 Å². The number of hydrazone groups is 1. The Bertz CT molecular complexity index is 1440. The van der Waals surface area contributed by atoms with Gasteiger partial charge in [-0.3, -0.25) is 4.79 Å². The van der Waals surface area contributed by atoms with Crippen LogP contribution in [-0.4, -0.2) is 28.5 Å². The van der Waals surface area contributed by atoms with Crippen LogP contribution in [0, 0.1) is 0 Å². The first-order chi connectivity index (χ1) is 16.8. The van der Waals surface area contributed by atoms with Crippen LogP contribution in [0.1, 0.15) is 5.56 Å². The molecule has 5 rings (SSSR count). The molecule has 166 valence electrons. The number of amides is 1. The van der Waals surface area contributed by atoms with Crippen LogP contribution in [0.5, 0.6) is 5.75 Å². The highest BCUT2D eigenvalue weighted by molar-refractivity contribution is 5.90. The van der Waals surface area contributed by atoms with Crippen molar-refractivity contribution in [1.29, 1.82) is 0 Å². The summed E-state index contributed by atoms with van der Waals surface area (Å²) in [5, 5.41) is 10.9.